The summed E-state index contributed by atoms with van der Waals surface area (Å²) in [5, 5.41) is 8.93. The fraction of sp³-hybridized carbons (Fsp3) is 0. The summed E-state index contributed by atoms with van der Waals surface area (Å²) in [5.41, 5.74) is 2.78. The summed E-state index contributed by atoms with van der Waals surface area (Å²) in [6.07, 6.45) is 5.75. The molecule has 0 unspecified atom stereocenters. The van der Waals surface area contributed by atoms with E-state index in [1.807, 2.05) is 59.4 Å². The van der Waals surface area contributed by atoms with E-state index >= 15 is 0 Å². The van der Waals surface area contributed by atoms with Gasteiger partial charge in [-0.3, -0.25) is 0 Å². The fourth-order valence-electron chi connectivity index (χ4n) is 1.98. The summed E-state index contributed by atoms with van der Waals surface area (Å²) in [6, 6.07) is 17.6. The lowest BCUT2D eigenvalue weighted by atomic mass is 10.1. The van der Waals surface area contributed by atoms with Crippen LogP contribution in [-0.4, -0.2) is 9.55 Å². The molecule has 0 N–H and O–H groups in total. The van der Waals surface area contributed by atoms with Crippen LogP contribution in [0.4, 0.5) is 0 Å². The van der Waals surface area contributed by atoms with Crippen LogP contribution in [0.3, 0.4) is 0 Å². The van der Waals surface area contributed by atoms with E-state index in [-0.39, 0.29) is 0 Å². The van der Waals surface area contributed by atoms with Crippen LogP contribution in [0, 0.1) is 11.3 Å². The van der Waals surface area contributed by atoms with Crippen molar-refractivity contribution in [1.82, 2.24) is 9.55 Å². The zero-order valence-corrected chi connectivity index (χ0v) is 10.2. The number of benzene rings is 1. The molecule has 0 aliphatic rings. The van der Waals surface area contributed by atoms with E-state index in [1.54, 1.807) is 12.3 Å². The van der Waals surface area contributed by atoms with E-state index in [9.17, 15) is 0 Å². The van der Waals surface area contributed by atoms with Crippen molar-refractivity contribution >= 4 is 0 Å². The molecule has 0 aliphatic heterocycles. The van der Waals surface area contributed by atoms with Gasteiger partial charge < -0.3 is 4.57 Å². The summed E-state index contributed by atoms with van der Waals surface area (Å²) in [6.45, 7) is 0. The summed E-state index contributed by atoms with van der Waals surface area (Å²) < 4.78 is 1.97. The van der Waals surface area contributed by atoms with Gasteiger partial charge in [-0.05, 0) is 41.5 Å². The first-order chi connectivity index (χ1) is 9.36. The predicted molar refractivity (Wildman–Crippen MR) is 73.7 cm³/mol. The Hall–Kier alpha value is -2.86. The highest BCUT2D eigenvalue weighted by Crippen LogP contribution is 2.21. The molecule has 0 saturated carbocycles. The zero-order chi connectivity index (χ0) is 13.1. The third kappa shape index (κ3) is 2.24. The van der Waals surface area contributed by atoms with Crippen LogP contribution >= 0.6 is 0 Å². The van der Waals surface area contributed by atoms with Gasteiger partial charge in [0.25, 0.3) is 0 Å². The molecule has 0 amide bonds. The molecule has 3 aromatic rings. The SMILES string of the molecule is N#Cc1cccc(-c2ccn(-c3ccccn3)c2)c1. The predicted octanol–water partition coefficient (Wildman–Crippen LogP) is 3.41. The van der Waals surface area contributed by atoms with Crippen molar-refractivity contribution in [2.45, 2.75) is 0 Å². The van der Waals surface area contributed by atoms with Crippen molar-refractivity contribution in [1.29, 1.82) is 5.26 Å². The molecule has 3 rings (SSSR count). The minimum Gasteiger partial charge on any atom is -0.308 e. The van der Waals surface area contributed by atoms with Crippen molar-refractivity contribution in [3.05, 3.63) is 72.7 Å². The molecule has 2 aromatic heterocycles. The fourth-order valence-corrected chi connectivity index (χ4v) is 1.98. The number of nitriles is 1. The molecule has 1 aromatic carbocycles. The van der Waals surface area contributed by atoms with Gasteiger partial charge in [-0.15, -0.1) is 0 Å². The summed E-state index contributed by atoms with van der Waals surface area (Å²) in [7, 11) is 0. The third-order valence-electron chi connectivity index (χ3n) is 2.93. The summed E-state index contributed by atoms with van der Waals surface area (Å²) in [4.78, 5) is 4.30. The molecule has 0 bridgehead atoms. The van der Waals surface area contributed by atoms with Crippen LogP contribution in [0.1, 0.15) is 5.56 Å². The summed E-state index contributed by atoms with van der Waals surface area (Å²) >= 11 is 0. The van der Waals surface area contributed by atoms with Crippen LogP contribution in [0.5, 0.6) is 0 Å². The second-order valence-corrected chi connectivity index (χ2v) is 4.19. The lowest BCUT2D eigenvalue weighted by Crippen LogP contribution is -1.91. The highest BCUT2D eigenvalue weighted by Gasteiger charge is 2.03. The largest absolute Gasteiger partial charge is 0.308 e. The maximum atomic E-state index is 8.93. The van der Waals surface area contributed by atoms with Gasteiger partial charge in [0, 0.05) is 18.6 Å². The molecule has 0 aliphatic carbocycles. The number of hydrogen-bond acceptors (Lipinski definition) is 2. The molecule has 0 fully saturated rings. The Morgan fingerprint density at radius 1 is 1.00 bits per heavy atom. The van der Waals surface area contributed by atoms with Gasteiger partial charge in [0.2, 0.25) is 0 Å². The van der Waals surface area contributed by atoms with E-state index in [2.05, 4.69) is 11.1 Å². The average molecular weight is 245 g/mol. The van der Waals surface area contributed by atoms with Gasteiger partial charge in [-0.1, -0.05) is 18.2 Å². The van der Waals surface area contributed by atoms with Gasteiger partial charge in [0.1, 0.15) is 5.82 Å². The van der Waals surface area contributed by atoms with Crippen LogP contribution in [0.2, 0.25) is 0 Å². The van der Waals surface area contributed by atoms with Crippen LogP contribution in [0.15, 0.2) is 67.1 Å². The van der Waals surface area contributed by atoms with Gasteiger partial charge in [-0.2, -0.15) is 5.26 Å². The molecule has 0 spiro atoms. The van der Waals surface area contributed by atoms with Gasteiger partial charge in [-0.25, -0.2) is 4.98 Å². The Morgan fingerprint density at radius 2 is 1.95 bits per heavy atom. The highest BCUT2D eigenvalue weighted by molar-refractivity contribution is 5.65. The molecule has 0 radical (unpaired) electrons. The maximum absolute atomic E-state index is 8.93. The van der Waals surface area contributed by atoms with E-state index in [0.717, 1.165) is 16.9 Å². The first kappa shape index (κ1) is 11.2. The Morgan fingerprint density at radius 3 is 2.74 bits per heavy atom. The van der Waals surface area contributed by atoms with Crippen LogP contribution in [0.25, 0.3) is 16.9 Å². The first-order valence-electron chi connectivity index (χ1n) is 5.97. The number of rotatable bonds is 2. The van der Waals surface area contributed by atoms with E-state index < -0.39 is 0 Å². The Bertz CT molecular complexity index is 736. The second kappa shape index (κ2) is 4.79. The van der Waals surface area contributed by atoms with Crippen LogP contribution < -0.4 is 0 Å². The first-order valence-corrected chi connectivity index (χ1v) is 5.97. The number of nitrogens with zero attached hydrogens (tertiary/aromatic N) is 3. The molecular formula is C16H11N3. The zero-order valence-electron chi connectivity index (χ0n) is 10.2. The molecule has 19 heavy (non-hydrogen) atoms. The monoisotopic (exact) mass is 245 g/mol. The lowest BCUT2D eigenvalue weighted by molar-refractivity contribution is 1.01. The van der Waals surface area contributed by atoms with E-state index in [0.29, 0.717) is 5.56 Å². The third-order valence-corrected chi connectivity index (χ3v) is 2.93. The van der Waals surface area contributed by atoms with Gasteiger partial charge >= 0.3 is 0 Å². The quantitative estimate of drug-likeness (QED) is 0.694. The van der Waals surface area contributed by atoms with Crippen molar-refractivity contribution < 1.29 is 0 Å². The Balaban J connectivity index is 2.00. The molecular weight excluding hydrogens is 234 g/mol. The van der Waals surface area contributed by atoms with Crippen molar-refractivity contribution in [2.75, 3.05) is 0 Å². The molecule has 0 saturated heterocycles. The number of pyridine rings is 1. The normalized spacial score (nSPS) is 10.1. The standard InChI is InChI=1S/C16H11N3/c17-11-13-4-3-5-14(10-13)15-7-9-19(12-15)16-6-1-2-8-18-16/h1-10,12H. The molecule has 90 valence electrons. The lowest BCUT2D eigenvalue weighted by Gasteiger charge is -2.00. The second-order valence-electron chi connectivity index (χ2n) is 4.19. The summed E-state index contributed by atoms with van der Waals surface area (Å²) in [5.74, 6) is 0.880. The Labute approximate surface area is 111 Å². The van der Waals surface area contributed by atoms with Gasteiger partial charge in [0.05, 0.1) is 11.6 Å². The van der Waals surface area contributed by atoms with Crippen molar-refractivity contribution in [2.24, 2.45) is 0 Å². The maximum Gasteiger partial charge on any atom is 0.136 e. The minimum absolute atomic E-state index is 0.670. The van der Waals surface area contributed by atoms with E-state index in [1.165, 1.54) is 0 Å². The number of aromatic nitrogens is 2. The van der Waals surface area contributed by atoms with E-state index in [4.69, 9.17) is 5.26 Å². The smallest absolute Gasteiger partial charge is 0.136 e. The number of hydrogen-bond donors (Lipinski definition) is 0. The average Bonchev–Trinajstić information content (AvgIpc) is 2.98. The molecule has 0 atom stereocenters. The topological polar surface area (TPSA) is 41.6 Å². The molecule has 2 heterocycles. The van der Waals surface area contributed by atoms with Crippen LogP contribution in [-0.2, 0) is 0 Å². The van der Waals surface area contributed by atoms with Crippen molar-refractivity contribution in [3.8, 4) is 23.0 Å². The Kier molecular flexibility index (Phi) is 2.83. The van der Waals surface area contributed by atoms with Gasteiger partial charge in [0.15, 0.2) is 0 Å². The minimum atomic E-state index is 0.670. The highest BCUT2D eigenvalue weighted by atomic mass is 15.0. The van der Waals surface area contributed by atoms with Crippen molar-refractivity contribution in [3.63, 3.8) is 0 Å². The molecule has 3 heteroatoms. The molecule has 3 nitrogen and oxygen atoms in total.